The molecular formula is C12H9Cl2N3O. The SMILES string of the molecule is CC(=O)Nc1cc(-c2cc(Cl)nc(Cl)c2)ccn1. The summed E-state index contributed by atoms with van der Waals surface area (Å²) in [7, 11) is 0. The van der Waals surface area contributed by atoms with E-state index in [0.29, 0.717) is 16.1 Å². The summed E-state index contributed by atoms with van der Waals surface area (Å²) >= 11 is 11.7. The van der Waals surface area contributed by atoms with Crippen LogP contribution in [0, 0.1) is 0 Å². The number of carbonyl (C=O) groups is 1. The maximum absolute atomic E-state index is 11.0. The lowest BCUT2D eigenvalue weighted by atomic mass is 10.1. The highest BCUT2D eigenvalue weighted by Gasteiger charge is 2.04. The molecule has 0 spiro atoms. The van der Waals surface area contributed by atoms with E-state index in [4.69, 9.17) is 23.2 Å². The van der Waals surface area contributed by atoms with Gasteiger partial charge in [-0.1, -0.05) is 23.2 Å². The molecule has 1 amide bonds. The van der Waals surface area contributed by atoms with E-state index in [1.807, 2.05) is 0 Å². The lowest BCUT2D eigenvalue weighted by Gasteiger charge is -2.05. The average molecular weight is 282 g/mol. The van der Waals surface area contributed by atoms with E-state index >= 15 is 0 Å². The van der Waals surface area contributed by atoms with Crippen molar-refractivity contribution in [2.75, 3.05) is 5.32 Å². The Labute approximate surface area is 114 Å². The van der Waals surface area contributed by atoms with Gasteiger partial charge >= 0.3 is 0 Å². The summed E-state index contributed by atoms with van der Waals surface area (Å²) in [6.45, 7) is 1.43. The number of hydrogen-bond donors (Lipinski definition) is 1. The summed E-state index contributed by atoms with van der Waals surface area (Å²) < 4.78 is 0. The Morgan fingerprint density at radius 3 is 2.44 bits per heavy atom. The molecular weight excluding hydrogens is 273 g/mol. The number of rotatable bonds is 2. The summed E-state index contributed by atoms with van der Waals surface area (Å²) in [6, 6.07) is 6.93. The van der Waals surface area contributed by atoms with Crippen LogP contribution in [-0.2, 0) is 4.79 Å². The standard InChI is InChI=1S/C12H9Cl2N3O/c1-7(18)16-12-6-8(2-3-15-12)9-4-10(13)17-11(14)5-9/h2-6H,1H3,(H,15,16,18). The molecule has 2 aromatic rings. The van der Waals surface area contributed by atoms with E-state index < -0.39 is 0 Å². The average Bonchev–Trinajstić information content (AvgIpc) is 2.27. The van der Waals surface area contributed by atoms with Crippen molar-refractivity contribution in [3.8, 4) is 11.1 Å². The number of nitrogens with zero attached hydrogens (tertiary/aromatic N) is 2. The summed E-state index contributed by atoms with van der Waals surface area (Å²) in [6.07, 6.45) is 1.60. The first-order valence-electron chi connectivity index (χ1n) is 5.12. The van der Waals surface area contributed by atoms with Gasteiger partial charge in [0.1, 0.15) is 16.1 Å². The lowest BCUT2D eigenvalue weighted by Crippen LogP contribution is -2.07. The zero-order valence-corrected chi connectivity index (χ0v) is 11.0. The molecule has 2 heterocycles. The summed E-state index contributed by atoms with van der Waals surface area (Å²) in [5, 5.41) is 3.24. The Hall–Kier alpha value is -1.65. The van der Waals surface area contributed by atoms with Gasteiger partial charge < -0.3 is 5.32 Å². The number of aromatic nitrogens is 2. The molecule has 0 saturated heterocycles. The Morgan fingerprint density at radius 1 is 1.17 bits per heavy atom. The van der Waals surface area contributed by atoms with Crippen molar-refractivity contribution in [1.82, 2.24) is 9.97 Å². The van der Waals surface area contributed by atoms with Gasteiger partial charge in [-0.05, 0) is 35.4 Å². The molecule has 0 bridgehead atoms. The van der Waals surface area contributed by atoms with Crippen molar-refractivity contribution in [3.63, 3.8) is 0 Å². The van der Waals surface area contributed by atoms with Crippen LogP contribution in [0.15, 0.2) is 30.5 Å². The van der Waals surface area contributed by atoms with Crippen LogP contribution in [0.2, 0.25) is 10.3 Å². The second-order valence-electron chi connectivity index (χ2n) is 3.61. The number of halogens is 2. The predicted molar refractivity (Wildman–Crippen MR) is 71.8 cm³/mol. The Bertz CT molecular complexity index is 581. The third-order valence-corrected chi connectivity index (χ3v) is 2.55. The number of nitrogens with one attached hydrogen (secondary N) is 1. The van der Waals surface area contributed by atoms with Gasteiger partial charge in [0.05, 0.1) is 0 Å². The molecule has 0 unspecified atom stereocenters. The van der Waals surface area contributed by atoms with Gasteiger partial charge in [-0.3, -0.25) is 4.79 Å². The van der Waals surface area contributed by atoms with Crippen molar-refractivity contribution in [3.05, 3.63) is 40.8 Å². The first kappa shape index (κ1) is 12.8. The molecule has 2 aromatic heterocycles. The van der Waals surface area contributed by atoms with E-state index in [1.54, 1.807) is 30.5 Å². The summed E-state index contributed by atoms with van der Waals surface area (Å²) in [5.41, 5.74) is 1.66. The van der Waals surface area contributed by atoms with Crippen molar-refractivity contribution >= 4 is 34.9 Å². The number of anilines is 1. The quantitative estimate of drug-likeness (QED) is 0.859. The molecule has 0 aliphatic rings. The van der Waals surface area contributed by atoms with Crippen LogP contribution < -0.4 is 5.32 Å². The van der Waals surface area contributed by atoms with Crippen LogP contribution in [0.5, 0.6) is 0 Å². The Morgan fingerprint density at radius 2 is 1.83 bits per heavy atom. The van der Waals surface area contributed by atoms with Crippen LogP contribution in [0.25, 0.3) is 11.1 Å². The maximum atomic E-state index is 11.0. The molecule has 18 heavy (non-hydrogen) atoms. The molecule has 4 nitrogen and oxygen atoms in total. The minimum atomic E-state index is -0.176. The fourth-order valence-electron chi connectivity index (χ4n) is 1.49. The van der Waals surface area contributed by atoms with Gasteiger partial charge in [-0.2, -0.15) is 0 Å². The molecule has 0 aliphatic carbocycles. The second kappa shape index (κ2) is 5.33. The van der Waals surface area contributed by atoms with Crippen LogP contribution in [0.3, 0.4) is 0 Å². The topological polar surface area (TPSA) is 54.9 Å². The number of carbonyl (C=O) groups excluding carboxylic acids is 1. The van der Waals surface area contributed by atoms with E-state index in [1.165, 1.54) is 6.92 Å². The smallest absolute Gasteiger partial charge is 0.222 e. The molecule has 0 aliphatic heterocycles. The molecule has 1 N–H and O–H groups in total. The highest BCUT2D eigenvalue weighted by Crippen LogP contribution is 2.25. The summed E-state index contributed by atoms with van der Waals surface area (Å²) in [4.78, 5) is 18.9. The normalized spacial score (nSPS) is 10.2. The number of hydrogen-bond acceptors (Lipinski definition) is 3. The second-order valence-corrected chi connectivity index (χ2v) is 4.39. The van der Waals surface area contributed by atoms with Crippen molar-refractivity contribution < 1.29 is 4.79 Å². The molecule has 0 saturated carbocycles. The van der Waals surface area contributed by atoms with Gasteiger partial charge in [0.15, 0.2) is 0 Å². The minimum Gasteiger partial charge on any atom is -0.311 e. The summed E-state index contributed by atoms with van der Waals surface area (Å²) in [5.74, 6) is 0.300. The molecule has 0 radical (unpaired) electrons. The fraction of sp³-hybridized carbons (Fsp3) is 0.0833. The zero-order chi connectivity index (χ0) is 13.1. The van der Waals surface area contributed by atoms with Crippen molar-refractivity contribution in [2.45, 2.75) is 6.92 Å². The largest absolute Gasteiger partial charge is 0.311 e. The third-order valence-electron chi connectivity index (χ3n) is 2.16. The molecule has 0 atom stereocenters. The van der Waals surface area contributed by atoms with Gasteiger partial charge in [0.25, 0.3) is 0 Å². The van der Waals surface area contributed by atoms with Gasteiger partial charge in [-0.25, -0.2) is 9.97 Å². The monoisotopic (exact) mass is 281 g/mol. The van der Waals surface area contributed by atoms with Gasteiger partial charge in [-0.15, -0.1) is 0 Å². The molecule has 0 aromatic carbocycles. The molecule has 92 valence electrons. The van der Waals surface area contributed by atoms with Gasteiger partial charge in [0.2, 0.25) is 5.91 Å². The molecule has 0 fully saturated rings. The molecule has 6 heteroatoms. The van der Waals surface area contributed by atoms with Crippen LogP contribution in [0.1, 0.15) is 6.92 Å². The third kappa shape index (κ3) is 3.18. The minimum absolute atomic E-state index is 0.176. The highest BCUT2D eigenvalue weighted by atomic mass is 35.5. The lowest BCUT2D eigenvalue weighted by molar-refractivity contribution is -0.114. The van der Waals surface area contributed by atoms with E-state index in [-0.39, 0.29) is 5.91 Å². The van der Waals surface area contributed by atoms with E-state index in [0.717, 1.165) is 11.1 Å². The molecule has 2 rings (SSSR count). The zero-order valence-electron chi connectivity index (χ0n) is 9.45. The van der Waals surface area contributed by atoms with Crippen molar-refractivity contribution in [1.29, 1.82) is 0 Å². The maximum Gasteiger partial charge on any atom is 0.222 e. The first-order valence-corrected chi connectivity index (χ1v) is 5.87. The number of pyridine rings is 2. The Balaban J connectivity index is 2.41. The van der Waals surface area contributed by atoms with Gasteiger partial charge in [0, 0.05) is 13.1 Å². The van der Waals surface area contributed by atoms with E-state index in [9.17, 15) is 4.79 Å². The van der Waals surface area contributed by atoms with Crippen LogP contribution in [0.4, 0.5) is 5.82 Å². The van der Waals surface area contributed by atoms with Crippen LogP contribution >= 0.6 is 23.2 Å². The first-order chi connectivity index (χ1) is 8.54. The van der Waals surface area contributed by atoms with Crippen LogP contribution in [-0.4, -0.2) is 15.9 Å². The van der Waals surface area contributed by atoms with Crippen molar-refractivity contribution in [2.24, 2.45) is 0 Å². The fourth-order valence-corrected chi connectivity index (χ4v) is 1.95. The predicted octanol–water partition coefficient (Wildman–Crippen LogP) is 3.41. The van der Waals surface area contributed by atoms with E-state index in [2.05, 4.69) is 15.3 Å². The highest BCUT2D eigenvalue weighted by molar-refractivity contribution is 6.32. The Kier molecular flexibility index (Phi) is 3.79. The number of amides is 1.